The van der Waals surface area contributed by atoms with Gasteiger partial charge in [-0.1, -0.05) is 45.4 Å². The molecule has 0 aromatic rings. The van der Waals surface area contributed by atoms with E-state index in [1.54, 1.807) is 14.2 Å². The van der Waals surface area contributed by atoms with Gasteiger partial charge in [0.25, 0.3) is 0 Å². The van der Waals surface area contributed by atoms with Gasteiger partial charge >= 0.3 is 34.2 Å². The Hall–Kier alpha value is 0.668. The van der Waals surface area contributed by atoms with Gasteiger partial charge in [-0.15, -0.1) is 0 Å². The molecule has 9 heteroatoms. The summed E-state index contributed by atoms with van der Waals surface area (Å²) in [4.78, 5) is 0. The van der Waals surface area contributed by atoms with Crippen LogP contribution in [0.4, 0.5) is 0 Å². The molecule has 0 spiro atoms. The minimum Gasteiger partial charge on any atom is -0.416 e. The highest BCUT2D eigenvalue weighted by molar-refractivity contribution is 6.87. The van der Waals surface area contributed by atoms with Crippen molar-refractivity contribution in [2.75, 3.05) is 14.2 Å². The number of rotatable bonds is 15. The van der Waals surface area contributed by atoms with E-state index in [-0.39, 0.29) is 0 Å². The Morgan fingerprint density at radius 1 is 0.538 bits per heavy atom. The molecule has 0 saturated carbocycles. The molecule has 0 bridgehead atoms. The molecular weight excluding hydrogens is 397 g/mol. The van der Waals surface area contributed by atoms with Crippen molar-refractivity contribution in [1.82, 2.24) is 0 Å². The molecule has 0 aliphatic rings. The zero-order chi connectivity index (χ0) is 20.5. The molecular formula is C17H44O5Si4. The van der Waals surface area contributed by atoms with Crippen LogP contribution in [-0.2, 0) is 21.2 Å². The van der Waals surface area contributed by atoms with Gasteiger partial charge in [0.1, 0.15) is 0 Å². The lowest BCUT2D eigenvalue weighted by molar-refractivity contribution is 0.242. The van der Waals surface area contributed by atoms with Gasteiger partial charge in [-0.05, 0) is 51.9 Å². The quantitative estimate of drug-likeness (QED) is 0.235. The highest BCUT2D eigenvalue weighted by Crippen LogP contribution is 2.27. The minimum absolute atomic E-state index is 1.02. The molecule has 0 aliphatic heterocycles. The predicted octanol–water partition coefficient (Wildman–Crippen LogP) is 5.87. The van der Waals surface area contributed by atoms with Crippen molar-refractivity contribution >= 4 is 34.2 Å². The second-order valence-electron chi connectivity index (χ2n) is 8.57. The first kappa shape index (κ1) is 26.7. The van der Waals surface area contributed by atoms with E-state index >= 15 is 0 Å². The van der Waals surface area contributed by atoms with E-state index < -0.39 is 34.2 Å². The maximum atomic E-state index is 6.55. The van der Waals surface area contributed by atoms with Crippen LogP contribution in [-0.4, -0.2) is 48.5 Å². The molecule has 26 heavy (non-hydrogen) atoms. The van der Waals surface area contributed by atoms with Gasteiger partial charge in [0.05, 0.1) is 0 Å². The van der Waals surface area contributed by atoms with Crippen LogP contribution in [0.1, 0.15) is 45.4 Å². The molecule has 0 aliphatic carbocycles. The first-order valence-electron chi connectivity index (χ1n) is 10.0. The van der Waals surface area contributed by atoms with Gasteiger partial charge in [0, 0.05) is 14.2 Å². The molecule has 0 amide bonds. The standard InChI is InChI=1S/C17H44O5Si4/c1-11-12-13-14-15-16-17-26(10,19-3)22-25(8,9)21-24(6,7)20-23(4,5)18-2/h11-17H2,1-10H3. The van der Waals surface area contributed by atoms with Gasteiger partial charge in [0.2, 0.25) is 0 Å². The normalized spacial score (nSPS) is 15.9. The minimum atomic E-state index is -2.35. The zero-order valence-corrected chi connectivity index (χ0v) is 23.0. The summed E-state index contributed by atoms with van der Waals surface area (Å²) in [6.07, 6.45) is 7.70. The van der Waals surface area contributed by atoms with Crippen molar-refractivity contribution in [2.45, 2.75) is 97.3 Å². The van der Waals surface area contributed by atoms with Crippen molar-refractivity contribution < 1.29 is 21.2 Å². The topological polar surface area (TPSA) is 46.2 Å². The molecule has 158 valence electrons. The smallest absolute Gasteiger partial charge is 0.325 e. The maximum Gasteiger partial charge on any atom is 0.325 e. The van der Waals surface area contributed by atoms with Crippen molar-refractivity contribution in [3.63, 3.8) is 0 Å². The number of hydrogen-bond donors (Lipinski definition) is 0. The third-order valence-corrected chi connectivity index (χ3v) is 19.0. The largest absolute Gasteiger partial charge is 0.416 e. The van der Waals surface area contributed by atoms with Gasteiger partial charge in [-0.2, -0.15) is 0 Å². The third kappa shape index (κ3) is 12.2. The molecule has 0 aromatic carbocycles. The highest BCUT2D eigenvalue weighted by Gasteiger charge is 2.45. The van der Waals surface area contributed by atoms with Crippen LogP contribution in [0.3, 0.4) is 0 Å². The number of unbranched alkanes of at least 4 members (excludes halogenated alkanes) is 5. The SMILES string of the molecule is CCCCCCCC[Si](C)(OC)O[Si](C)(C)O[Si](C)(C)O[Si](C)(C)OC. The van der Waals surface area contributed by atoms with Crippen LogP contribution in [0.15, 0.2) is 0 Å². The third-order valence-electron chi connectivity index (χ3n) is 4.35. The lowest BCUT2D eigenvalue weighted by Gasteiger charge is -2.40. The Kier molecular flexibility index (Phi) is 11.9. The lowest BCUT2D eigenvalue weighted by Crippen LogP contribution is -2.57. The summed E-state index contributed by atoms with van der Waals surface area (Å²) in [6, 6.07) is 1.02. The van der Waals surface area contributed by atoms with E-state index in [2.05, 4.69) is 39.7 Å². The molecule has 1 unspecified atom stereocenters. The van der Waals surface area contributed by atoms with Crippen molar-refractivity contribution in [1.29, 1.82) is 0 Å². The zero-order valence-electron chi connectivity index (χ0n) is 19.0. The maximum absolute atomic E-state index is 6.55. The molecule has 0 saturated heterocycles. The summed E-state index contributed by atoms with van der Waals surface area (Å²) >= 11 is 0. The lowest BCUT2D eigenvalue weighted by atomic mass is 10.1. The summed E-state index contributed by atoms with van der Waals surface area (Å²) in [5.41, 5.74) is 0. The second kappa shape index (κ2) is 11.6. The van der Waals surface area contributed by atoms with Gasteiger partial charge in [0.15, 0.2) is 0 Å². The highest BCUT2D eigenvalue weighted by atomic mass is 28.5. The van der Waals surface area contributed by atoms with Crippen LogP contribution in [0, 0.1) is 0 Å². The molecule has 0 rings (SSSR count). The van der Waals surface area contributed by atoms with Crippen LogP contribution < -0.4 is 0 Å². The number of hydrogen-bond acceptors (Lipinski definition) is 5. The summed E-state index contributed by atoms with van der Waals surface area (Å²) in [7, 11) is -5.51. The van der Waals surface area contributed by atoms with Crippen molar-refractivity contribution in [3.05, 3.63) is 0 Å². The van der Waals surface area contributed by atoms with E-state index in [9.17, 15) is 0 Å². The fourth-order valence-electron chi connectivity index (χ4n) is 3.21. The Labute approximate surface area is 167 Å². The van der Waals surface area contributed by atoms with Crippen LogP contribution in [0.25, 0.3) is 0 Å². The van der Waals surface area contributed by atoms with Gasteiger partial charge < -0.3 is 21.2 Å². The Balaban J connectivity index is 4.64. The molecule has 0 radical (unpaired) electrons. The molecule has 5 nitrogen and oxygen atoms in total. The summed E-state index contributed by atoms with van der Waals surface area (Å²) in [5, 5.41) is 0. The predicted molar refractivity (Wildman–Crippen MR) is 120 cm³/mol. The first-order valence-corrected chi connectivity index (χ1v) is 21.0. The van der Waals surface area contributed by atoms with Crippen LogP contribution in [0.2, 0.25) is 51.9 Å². The molecule has 0 heterocycles. The van der Waals surface area contributed by atoms with Crippen molar-refractivity contribution in [2.24, 2.45) is 0 Å². The second-order valence-corrected chi connectivity index (χ2v) is 23.0. The van der Waals surface area contributed by atoms with E-state index in [1.807, 2.05) is 13.1 Å². The van der Waals surface area contributed by atoms with Crippen LogP contribution >= 0.6 is 0 Å². The molecule has 0 fully saturated rings. The fourth-order valence-corrected chi connectivity index (χ4v) is 20.1. The van der Waals surface area contributed by atoms with E-state index in [1.165, 1.54) is 38.5 Å². The Morgan fingerprint density at radius 2 is 1.00 bits per heavy atom. The van der Waals surface area contributed by atoms with Crippen LogP contribution in [0.5, 0.6) is 0 Å². The van der Waals surface area contributed by atoms with E-state index in [4.69, 9.17) is 21.2 Å². The summed E-state index contributed by atoms with van der Waals surface area (Å²) in [5.74, 6) is 0. The van der Waals surface area contributed by atoms with Gasteiger partial charge in [-0.3, -0.25) is 0 Å². The molecule has 1 atom stereocenters. The summed E-state index contributed by atoms with van der Waals surface area (Å²) < 4.78 is 30.7. The molecule has 0 N–H and O–H groups in total. The Bertz CT molecular complexity index is 393. The van der Waals surface area contributed by atoms with Crippen molar-refractivity contribution in [3.8, 4) is 0 Å². The summed E-state index contributed by atoms with van der Waals surface area (Å²) in [6.45, 7) is 16.9. The average Bonchev–Trinajstić information content (AvgIpc) is 2.48. The van der Waals surface area contributed by atoms with E-state index in [0.717, 1.165) is 6.04 Å². The van der Waals surface area contributed by atoms with Gasteiger partial charge in [-0.25, -0.2) is 0 Å². The monoisotopic (exact) mass is 440 g/mol. The Morgan fingerprint density at radius 3 is 1.50 bits per heavy atom. The fraction of sp³-hybridized carbons (Fsp3) is 1.00. The average molecular weight is 441 g/mol. The molecule has 0 aromatic heterocycles. The van der Waals surface area contributed by atoms with E-state index in [0.29, 0.717) is 0 Å². The first-order chi connectivity index (χ1) is 11.8.